The van der Waals surface area contributed by atoms with Crippen LogP contribution < -0.4 is 34.8 Å². The molecule has 0 bridgehead atoms. The van der Waals surface area contributed by atoms with Gasteiger partial charge in [-0.05, 0) is 61.4 Å². The number of hydrogen-bond acceptors (Lipinski definition) is 12. The number of ether oxygens (including phenoxy) is 4. The van der Waals surface area contributed by atoms with Crippen LogP contribution in [-0.4, -0.2) is 82.1 Å². The molecular formula is C34H44N6O6. The Morgan fingerprint density at radius 1 is 0.783 bits per heavy atom. The van der Waals surface area contributed by atoms with Crippen molar-refractivity contribution in [2.75, 3.05) is 87.3 Å². The predicted octanol–water partition coefficient (Wildman–Crippen LogP) is 6.06. The van der Waals surface area contributed by atoms with E-state index in [2.05, 4.69) is 53.5 Å². The van der Waals surface area contributed by atoms with Crippen LogP contribution in [0.2, 0.25) is 0 Å². The molecule has 0 saturated carbocycles. The van der Waals surface area contributed by atoms with Crippen molar-refractivity contribution in [2.45, 2.75) is 13.8 Å². The van der Waals surface area contributed by atoms with Crippen LogP contribution in [0.1, 0.15) is 12.6 Å². The summed E-state index contributed by atoms with van der Waals surface area (Å²) in [6, 6.07) is 19.6. The minimum absolute atomic E-state index is 0. The lowest BCUT2D eigenvalue weighted by Gasteiger charge is -2.33. The van der Waals surface area contributed by atoms with Gasteiger partial charge in [0.25, 0.3) is 0 Å². The van der Waals surface area contributed by atoms with Crippen LogP contribution in [0.15, 0.2) is 66.9 Å². The predicted molar refractivity (Wildman–Crippen MR) is 182 cm³/mol. The molecule has 2 aliphatic rings. The first-order chi connectivity index (χ1) is 22.5. The topological polar surface area (TPSA) is 123 Å². The number of benzene rings is 3. The zero-order valence-corrected chi connectivity index (χ0v) is 26.8. The van der Waals surface area contributed by atoms with Crippen molar-refractivity contribution >= 4 is 34.5 Å². The van der Waals surface area contributed by atoms with Gasteiger partial charge in [-0.25, -0.2) is 10.2 Å². The Hall–Kier alpha value is -4.78. The van der Waals surface area contributed by atoms with Gasteiger partial charge < -0.3 is 44.3 Å². The highest BCUT2D eigenvalue weighted by Gasteiger charge is 2.18. The summed E-state index contributed by atoms with van der Waals surface area (Å²) >= 11 is 0. The Bertz CT molecular complexity index is 1530. The van der Waals surface area contributed by atoms with Crippen LogP contribution >= 0.6 is 0 Å². The summed E-state index contributed by atoms with van der Waals surface area (Å²) in [4.78, 5) is 18.0. The van der Waals surface area contributed by atoms with Crippen LogP contribution in [0.4, 0.5) is 34.5 Å². The highest BCUT2D eigenvalue weighted by Crippen LogP contribution is 2.33. The zero-order chi connectivity index (χ0) is 32.3. The van der Waals surface area contributed by atoms with Gasteiger partial charge in [0.15, 0.2) is 5.75 Å². The van der Waals surface area contributed by atoms with Gasteiger partial charge >= 0.3 is 0 Å². The second-order valence-electron chi connectivity index (χ2n) is 10.8. The van der Waals surface area contributed by atoms with E-state index in [1.165, 1.54) is 0 Å². The molecule has 12 nitrogen and oxygen atoms in total. The molecule has 1 aromatic heterocycles. The minimum atomic E-state index is 0. The number of para-hydroxylation sites is 1. The van der Waals surface area contributed by atoms with E-state index in [-0.39, 0.29) is 1.43 Å². The summed E-state index contributed by atoms with van der Waals surface area (Å²) in [5.74, 6) is 3.09. The molecule has 12 heteroatoms. The van der Waals surface area contributed by atoms with Gasteiger partial charge in [0, 0.05) is 56.9 Å². The molecule has 246 valence electrons. The molecule has 3 aromatic carbocycles. The fourth-order valence-corrected chi connectivity index (χ4v) is 5.28. The van der Waals surface area contributed by atoms with Crippen molar-refractivity contribution in [1.29, 1.82) is 0 Å². The van der Waals surface area contributed by atoms with E-state index >= 15 is 0 Å². The molecular weight excluding hydrogens is 588 g/mol. The molecule has 0 atom stereocenters. The summed E-state index contributed by atoms with van der Waals surface area (Å²) in [6.07, 6.45) is 1.72. The molecule has 0 aliphatic carbocycles. The van der Waals surface area contributed by atoms with Crippen molar-refractivity contribution in [3.05, 3.63) is 78.0 Å². The zero-order valence-electron chi connectivity index (χ0n) is 26.8. The lowest BCUT2D eigenvalue weighted by Crippen LogP contribution is -2.38. The maximum atomic E-state index is 8.40. The van der Waals surface area contributed by atoms with E-state index in [1.807, 2.05) is 56.3 Å². The van der Waals surface area contributed by atoms with Crippen molar-refractivity contribution in [3.63, 3.8) is 0 Å². The number of aromatic nitrogens is 2. The van der Waals surface area contributed by atoms with E-state index in [9.17, 15) is 0 Å². The van der Waals surface area contributed by atoms with Gasteiger partial charge in [-0.15, -0.1) is 0 Å². The maximum Gasteiger partial charge on any atom is 0.229 e. The lowest BCUT2D eigenvalue weighted by molar-refractivity contribution is -0.138. The minimum Gasteiger partial charge on any atom is -0.497 e. The summed E-state index contributed by atoms with van der Waals surface area (Å²) in [5.41, 5.74) is 5.92. The van der Waals surface area contributed by atoms with Crippen LogP contribution in [0.25, 0.3) is 0 Å². The summed E-state index contributed by atoms with van der Waals surface area (Å²) < 4.78 is 21.9. The quantitative estimate of drug-likeness (QED) is 0.147. The van der Waals surface area contributed by atoms with Crippen molar-refractivity contribution in [3.8, 4) is 17.2 Å². The molecule has 3 N–H and O–H groups in total. The van der Waals surface area contributed by atoms with Gasteiger partial charge in [-0.3, -0.25) is 0 Å². The fourth-order valence-electron chi connectivity index (χ4n) is 5.28. The normalized spacial score (nSPS) is 14.5. The number of hydrogen-bond donors (Lipinski definition) is 3. The van der Waals surface area contributed by atoms with Gasteiger partial charge in [0.1, 0.15) is 17.3 Å². The monoisotopic (exact) mass is 632 g/mol. The summed E-state index contributed by atoms with van der Waals surface area (Å²) in [6.45, 7) is 10.2. The number of morpholine rings is 2. The van der Waals surface area contributed by atoms with Crippen LogP contribution in [0, 0.1) is 13.8 Å². The van der Waals surface area contributed by atoms with Gasteiger partial charge in [0.2, 0.25) is 5.95 Å². The fraction of sp³-hybridized carbons (Fsp3) is 0.353. The standard InChI is InChI=1S/C26H32N6O4.C8H10O2.H2/c1-33-22-3-4-23(24(18-22)34-2)29-25-5-6-27-26(30-25)28-19-15-20(31-7-11-35-12-8-31)17-21(16-19)32-9-13-36-14-10-32;1-6-4-3-5-7(2)8(6)10-9;/h3-6,15-18H,7-14H2,1-2H3,(H2,27,28,29,30);3-5,9H,1-2H3;1H. The van der Waals surface area contributed by atoms with Crippen LogP contribution in [0.5, 0.6) is 17.2 Å². The van der Waals surface area contributed by atoms with Crippen LogP contribution in [0.3, 0.4) is 0 Å². The molecule has 6 rings (SSSR count). The third-order valence-electron chi connectivity index (χ3n) is 7.74. The van der Waals surface area contributed by atoms with E-state index in [4.69, 9.17) is 24.2 Å². The Morgan fingerprint density at radius 2 is 1.41 bits per heavy atom. The molecule has 0 unspecified atom stereocenters. The van der Waals surface area contributed by atoms with Gasteiger partial charge in [0.05, 0.1) is 46.3 Å². The number of rotatable bonds is 9. The van der Waals surface area contributed by atoms with E-state index < -0.39 is 0 Å². The van der Waals surface area contributed by atoms with Crippen LogP contribution in [-0.2, 0) is 9.47 Å². The molecule has 4 aromatic rings. The Kier molecular flexibility index (Phi) is 11.3. The first-order valence-electron chi connectivity index (χ1n) is 15.2. The molecule has 0 spiro atoms. The maximum absolute atomic E-state index is 8.40. The largest absolute Gasteiger partial charge is 0.497 e. The smallest absolute Gasteiger partial charge is 0.229 e. The Labute approximate surface area is 271 Å². The van der Waals surface area contributed by atoms with Gasteiger partial charge in [-0.1, -0.05) is 18.2 Å². The first-order valence-corrected chi connectivity index (χ1v) is 15.2. The molecule has 46 heavy (non-hydrogen) atoms. The molecule has 2 saturated heterocycles. The molecule has 2 aliphatic heterocycles. The summed E-state index contributed by atoms with van der Waals surface area (Å²) in [7, 11) is 3.25. The number of anilines is 6. The summed E-state index contributed by atoms with van der Waals surface area (Å²) in [5, 5.41) is 15.1. The third-order valence-corrected chi connectivity index (χ3v) is 7.74. The van der Waals surface area contributed by atoms with Crippen molar-refractivity contribution < 1.29 is 30.5 Å². The van der Waals surface area contributed by atoms with E-state index in [0.717, 1.165) is 92.2 Å². The first kappa shape index (κ1) is 32.6. The number of aryl methyl sites for hydroxylation is 2. The highest BCUT2D eigenvalue weighted by molar-refractivity contribution is 5.72. The highest BCUT2D eigenvalue weighted by atomic mass is 17.1. The number of methoxy groups -OCH3 is 2. The average molecular weight is 633 g/mol. The molecule has 3 heterocycles. The number of nitrogens with one attached hydrogen (secondary N) is 2. The van der Waals surface area contributed by atoms with Crippen molar-refractivity contribution in [2.24, 2.45) is 0 Å². The van der Waals surface area contributed by atoms with Crippen molar-refractivity contribution in [1.82, 2.24) is 9.97 Å². The second kappa shape index (κ2) is 16.0. The average Bonchev–Trinajstić information content (AvgIpc) is 3.09. The lowest BCUT2D eigenvalue weighted by atomic mass is 10.1. The SMILES string of the molecule is COc1ccc(Nc2ccnc(Nc3cc(N4CCOCC4)cc(N4CCOCC4)c3)n2)c(OC)c1.Cc1cccc(C)c1OO.[HH]. The van der Waals surface area contributed by atoms with Gasteiger partial charge in [-0.2, -0.15) is 4.98 Å². The molecule has 0 radical (unpaired) electrons. The molecule has 2 fully saturated rings. The molecule has 0 amide bonds. The second-order valence-corrected chi connectivity index (χ2v) is 10.8. The Balaban J connectivity index is 0.000000391. The van der Waals surface area contributed by atoms with E-state index in [1.54, 1.807) is 20.4 Å². The van der Waals surface area contributed by atoms with E-state index in [0.29, 0.717) is 23.3 Å². The number of nitrogens with zero attached hydrogens (tertiary/aromatic N) is 4. The Morgan fingerprint density at radius 3 is 1.96 bits per heavy atom. The third kappa shape index (κ3) is 8.47.